The first-order chi connectivity index (χ1) is 7.31. The van der Waals surface area contributed by atoms with Gasteiger partial charge in [0, 0.05) is 18.6 Å². The Kier molecular flexibility index (Phi) is 4.04. The molecular formula is C13H26N2. The van der Waals surface area contributed by atoms with E-state index >= 15 is 0 Å². The van der Waals surface area contributed by atoms with Crippen molar-refractivity contribution < 1.29 is 0 Å². The number of hydrogen-bond donors (Lipinski definition) is 1. The molecule has 3 unspecified atom stereocenters. The first-order valence-corrected chi connectivity index (χ1v) is 6.75. The maximum atomic E-state index is 3.75. The monoisotopic (exact) mass is 210 g/mol. The van der Waals surface area contributed by atoms with E-state index in [0.717, 1.165) is 18.0 Å². The summed E-state index contributed by atoms with van der Waals surface area (Å²) in [5.74, 6) is 1.00. The molecule has 0 spiro atoms. The molecule has 88 valence electrons. The highest BCUT2D eigenvalue weighted by Crippen LogP contribution is 2.34. The summed E-state index contributed by atoms with van der Waals surface area (Å²) in [5, 5.41) is 3.75. The van der Waals surface area contributed by atoms with Crippen molar-refractivity contribution in [1.82, 2.24) is 10.2 Å². The van der Waals surface area contributed by atoms with Gasteiger partial charge in [-0.2, -0.15) is 0 Å². The van der Waals surface area contributed by atoms with Crippen molar-refractivity contribution >= 4 is 0 Å². The minimum atomic E-state index is 0.807. The molecule has 2 rings (SSSR count). The lowest BCUT2D eigenvalue weighted by atomic mass is 10.0. The average molecular weight is 210 g/mol. The molecule has 1 aliphatic carbocycles. The van der Waals surface area contributed by atoms with Crippen LogP contribution < -0.4 is 5.32 Å². The fourth-order valence-electron chi connectivity index (χ4n) is 2.88. The second-order valence-electron chi connectivity index (χ2n) is 5.43. The number of nitrogens with one attached hydrogen (secondary N) is 1. The van der Waals surface area contributed by atoms with E-state index in [0.29, 0.717) is 0 Å². The Hall–Kier alpha value is -0.0800. The molecule has 1 heterocycles. The summed E-state index contributed by atoms with van der Waals surface area (Å²) >= 11 is 0. The summed E-state index contributed by atoms with van der Waals surface area (Å²) in [6, 6.07) is 1.67. The molecule has 1 saturated carbocycles. The second kappa shape index (κ2) is 5.31. The molecule has 1 saturated heterocycles. The molecule has 0 aromatic rings. The van der Waals surface area contributed by atoms with E-state index in [1.165, 1.54) is 51.6 Å². The zero-order chi connectivity index (χ0) is 10.7. The van der Waals surface area contributed by atoms with Crippen molar-refractivity contribution in [3.63, 3.8) is 0 Å². The zero-order valence-corrected chi connectivity index (χ0v) is 10.3. The van der Waals surface area contributed by atoms with Gasteiger partial charge in [-0.05, 0) is 45.2 Å². The molecule has 1 aliphatic heterocycles. The SMILES string of the molecule is CCCC1CC1NCC1CCCCN1C. The summed E-state index contributed by atoms with van der Waals surface area (Å²) in [6.45, 7) is 4.82. The maximum absolute atomic E-state index is 3.75. The molecule has 2 heteroatoms. The fourth-order valence-corrected chi connectivity index (χ4v) is 2.88. The van der Waals surface area contributed by atoms with Gasteiger partial charge in [-0.3, -0.25) is 0 Å². The molecule has 0 radical (unpaired) electrons. The largest absolute Gasteiger partial charge is 0.312 e. The van der Waals surface area contributed by atoms with Crippen molar-refractivity contribution in [2.45, 2.75) is 57.5 Å². The van der Waals surface area contributed by atoms with Crippen molar-refractivity contribution in [2.75, 3.05) is 20.1 Å². The van der Waals surface area contributed by atoms with E-state index in [4.69, 9.17) is 0 Å². The highest BCUT2D eigenvalue weighted by Gasteiger charge is 2.36. The van der Waals surface area contributed by atoms with Crippen LogP contribution in [0.25, 0.3) is 0 Å². The number of rotatable bonds is 5. The molecule has 0 bridgehead atoms. The summed E-state index contributed by atoms with van der Waals surface area (Å²) in [7, 11) is 2.28. The zero-order valence-electron chi connectivity index (χ0n) is 10.3. The molecule has 2 nitrogen and oxygen atoms in total. The highest BCUT2D eigenvalue weighted by molar-refractivity contribution is 4.93. The Morgan fingerprint density at radius 2 is 2.20 bits per heavy atom. The Labute approximate surface area is 94.4 Å². The van der Waals surface area contributed by atoms with Crippen LogP contribution >= 0.6 is 0 Å². The number of likely N-dealkylation sites (tertiary alicyclic amines) is 1. The van der Waals surface area contributed by atoms with Crippen LogP contribution in [0.4, 0.5) is 0 Å². The lowest BCUT2D eigenvalue weighted by Gasteiger charge is -2.32. The van der Waals surface area contributed by atoms with Crippen LogP contribution in [0.15, 0.2) is 0 Å². The van der Waals surface area contributed by atoms with Crippen molar-refractivity contribution in [3.05, 3.63) is 0 Å². The van der Waals surface area contributed by atoms with Gasteiger partial charge in [0.25, 0.3) is 0 Å². The summed E-state index contributed by atoms with van der Waals surface area (Å²) < 4.78 is 0. The second-order valence-corrected chi connectivity index (χ2v) is 5.43. The molecule has 0 aromatic carbocycles. The van der Waals surface area contributed by atoms with Gasteiger partial charge in [0.05, 0.1) is 0 Å². The van der Waals surface area contributed by atoms with Gasteiger partial charge in [0.15, 0.2) is 0 Å². The van der Waals surface area contributed by atoms with E-state index in [2.05, 4.69) is 24.2 Å². The Balaban J connectivity index is 1.61. The molecule has 0 amide bonds. The highest BCUT2D eigenvalue weighted by atomic mass is 15.2. The predicted molar refractivity (Wildman–Crippen MR) is 65.1 cm³/mol. The van der Waals surface area contributed by atoms with Gasteiger partial charge in [0.1, 0.15) is 0 Å². The van der Waals surface area contributed by atoms with Crippen molar-refractivity contribution in [2.24, 2.45) is 5.92 Å². The van der Waals surface area contributed by atoms with Gasteiger partial charge >= 0.3 is 0 Å². The fraction of sp³-hybridized carbons (Fsp3) is 1.00. The van der Waals surface area contributed by atoms with Crippen LogP contribution in [0.5, 0.6) is 0 Å². The summed E-state index contributed by atoms with van der Waals surface area (Å²) in [4.78, 5) is 2.54. The van der Waals surface area contributed by atoms with Crippen LogP contribution in [0.2, 0.25) is 0 Å². The number of nitrogens with zero attached hydrogens (tertiary/aromatic N) is 1. The average Bonchev–Trinajstić information content (AvgIpc) is 2.96. The first-order valence-electron chi connectivity index (χ1n) is 6.75. The maximum Gasteiger partial charge on any atom is 0.0217 e. The van der Waals surface area contributed by atoms with Gasteiger partial charge < -0.3 is 10.2 Å². The van der Waals surface area contributed by atoms with E-state index in [9.17, 15) is 0 Å². The van der Waals surface area contributed by atoms with Gasteiger partial charge in [0.2, 0.25) is 0 Å². The minimum absolute atomic E-state index is 0.807. The first kappa shape index (κ1) is 11.4. The van der Waals surface area contributed by atoms with E-state index in [1.807, 2.05) is 0 Å². The number of likely N-dealkylation sites (N-methyl/N-ethyl adjacent to an activating group) is 1. The van der Waals surface area contributed by atoms with Crippen LogP contribution in [0.1, 0.15) is 45.4 Å². The molecule has 15 heavy (non-hydrogen) atoms. The van der Waals surface area contributed by atoms with E-state index in [-0.39, 0.29) is 0 Å². The number of hydrogen-bond acceptors (Lipinski definition) is 2. The molecule has 0 aromatic heterocycles. The van der Waals surface area contributed by atoms with Crippen molar-refractivity contribution in [3.8, 4) is 0 Å². The Morgan fingerprint density at radius 3 is 2.93 bits per heavy atom. The van der Waals surface area contributed by atoms with Crippen molar-refractivity contribution in [1.29, 1.82) is 0 Å². The third kappa shape index (κ3) is 3.18. The molecule has 2 aliphatic rings. The van der Waals surface area contributed by atoms with E-state index in [1.54, 1.807) is 0 Å². The summed E-state index contributed by atoms with van der Waals surface area (Å²) in [6.07, 6.45) is 8.44. The van der Waals surface area contributed by atoms with Crippen LogP contribution in [-0.2, 0) is 0 Å². The molecule has 2 fully saturated rings. The Morgan fingerprint density at radius 1 is 1.33 bits per heavy atom. The van der Waals surface area contributed by atoms with Gasteiger partial charge in [-0.15, -0.1) is 0 Å². The number of piperidine rings is 1. The van der Waals surface area contributed by atoms with Gasteiger partial charge in [-0.1, -0.05) is 19.8 Å². The van der Waals surface area contributed by atoms with Crippen LogP contribution in [-0.4, -0.2) is 37.1 Å². The van der Waals surface area contributed by atoms with Crippen LogP contribution in [0, 0.1) is 5.92 Å². The standard InChI is InChI=1S/C13H26N2/c1-3-6-11-9-13(11)14-10-12-7-4-5-8-15(12)2/h11-14H,3-10H2,1-2H3. The normalized spacial score (nSPS) is 36.8. The summed E-state index contributed by atoms with van der Waals surface area (Å²) in [5.41, 5.74) is 0. The van der Waals surface area contributed by atoms with Crippen LogP contribution in [0.3, 0.4) is 0 Å². The lowest BCUT2D eigenvalue weighted by molar-refractivity contribution is 0.181. The minimum Gasteiger partial charge on any atom is -0.312 e. The molecule has 3 atom stereocenters. The molecule has 1 N–H and O–H groups in total. The lowest BCUT2D eigenvalue weighted by Crippen LogP contribution is -2.43. The predicted octanol–water partition coefficient (Wildman–Crippen LogP) is 2.25. The van der Waals surface area contributed by atoms with Gasteiger partial charge in [-0.25, -0.2) is 0 Å². The Bertz CT molecular complexity index is 193. The third-order valence-corrected chi connectivity index (χ3v) is 4.12. The topological polar surface area (TPSA) is 15.3 Å². The molecular weight excluding hydrogens is 184 g/mol. The van der Waals surface area contributed by atoms with E-state index < -0.39 is 0 Å². The quantitative estimate of drug-likeness (QED) is 0.749. The smallest absolute Gasteiger partial charge is 0.0217 e. The third-order valence-electron chi connectivity index (χ3n) is 4.12.